The average Bonchev–Trinajstić information content (AvgIpc) is 3.15. The molecule has 0 saturated carbocycles. The SMILES string of the molecule is C[C@H](Sc1nnc(-c2ccc(F)cc2)n1C)C(=O)Nc1ccccc1-c1ccccc1. The number of hydrogen-bond acceptors (Lipinski definition) is 4. The Bertz CT molecular complexity index is 1190. The molecule has 1 atom stereocenters. The van der Waals surface area contributed by atoms with Crippen LogP contribution in [0.4, 0.5) is 10.1 Å². The maximum atomic E-state index is 13.2. The normalized spacial score (nSPS) is 11.8. The summed E-state index contributed by atoms with van der Waals surface area (Å²) >= 11 is 1.32. The van der Waals surface area contributed by atoms with Crippen LogP contribution in [0.2, 0.25) is 0 Å². The van der Waals surface area contributed by atoms with Crippen LogP contribution >= 0.6 is 11.8 Å². The van der Waals surface area contributed by atoms with Gasteiger partial charge >= 0.3 is 0 Å². The van der Waals surface area contributed by atoms with Gasteiger partial charge in [-0.3, -0.25) is 4.79 Å². The van der Waals surface area contributed by atoms with Gasteiger partial charge < -0.3 is 9.88 Å². The van der Waals surface area contributed by atoms with Crippen LogP contribution in [0.5, 0.6) is 0 Å². The molecular formula is C24H21FN4OS. The van der Waals surface area contributed by atoms with Crippen molar-refractivity contribution < 1.29 is 9.18 Å². The zero-order chi connectivity index (χ0) is 21.8. The van der Waals surface area contributed by atoms with E-state index in [-0.39, 0.29) is 11.7 Å². The summed E-state index contributed by atoms with van der Waals surface area (Å²) in [6, 6.07) is 23.8. The van der Waals surface area contributed by atoms with E-state index in [1.807, 2.05) is 68.6 Å². The molecule has 0 aliphatic carbocycles. The quantitative estimate of drug-likeness (QED) is 0.414. The van der Waals surface area contributed by atoms with E-state index in [9.17, 15) is 9.18 Å². The van der Waals surface area contributed by atoms with Gasteiger partial charge in [-0.2, -0.15) is 0 Å². The van der Waals surface area contributed by atoms with E-state index in [0.29, 0.717) is 11.0 Å². The smallest absolute Gasteiger partial charge is 0.237 e. The number of benzene rings is 3. The largest absolute Gasteiger partial charge is 0.325 e. The fraction of sp³-hybridized carbons (Fsp3) is 0.125. The van der Waals surface area contributed by atoms with Crippen LogP contribution in [0.1, 0.15) is 6.92 Å². The molecule has 1 N–H and O–H groups in total. The molecule has 0 spiro atoms. The Hall–Kier alpha value is -3.45. The number of carbonyl (C=O) groups excluding carboxylic acids is 1. The molecule has 7 heteroatoms. The molecular weight excluding hydrogens is 411 g/mol. The van der Waals surface area contributed by atoms with E-state index in [2.05, 4.69) is 15.5 Å². The van der Waals surface area contributed by atoms with Crippen molar-refractivity contribution in [1.29, 1.82) is 0 Å². The van der Waals surface area contributed by atoms with Crippen LogP contribution in [-0.4, -0.2) is 25.9 Å². The maximum absolute atomic E-state index is 13.2. The summed E-state index contributed by atoms with van der Waals surface area (Å²) in [5, 5.41) is 11.7. The van der Waals surface area contributed by atoms with E-state index in [1.165, 1.54) is 23.9 Å². The predicted octanol–water partition coefficient (Wildman–Crippen LogP) is 5.41. The molecule has 1 amide bonds. The summed E-state index contributed by atoms with van der Waals surface area (Å²) in [6.07, 6.45) is 0. The molecule has 0 radical (unpaired) electrons. The number of nitrogens with zero attached hydrogens (tertiary/aromatic N) is 3. The molecule has 31 heavy (non-hydrogen) atoms. The third-order valence-corrected chi connectivity index (χ3v) is 5.99. The van der Waals surface area contributed by atoms with Gasteiger partial charge in [0.25, 0.3) is 0 Å². The summed E-state index contributed by atoms with van der Waals surface area (Å²) in [6.45, 7) is 1.83. The number of rotatable bonds is 6. The molecule has 0 aliphatic rings. The second-order valence-electron chi connectivity index (χ2n) is 7.03. The number of hydrogen-bond donors (Lipinski definition) is 1. The molecule has 1 aromatic heterocycles. The highest BCUT2D eigenvalue weighted by Crippen LogP contribution is 2.30. The van der Waals surface area contributed by atoms with Crippen LogP contribution in [0, 0.1) is 5.82 Å². The summed E-state index contributed by atoms with van der Waals surface area (Å²) in [5.41, 5.74) is 3.52. The van der Waals surface area contributed by atoms with Gasteiger partial charge in [0.05, 0.1) is 5.25 Å². The van der Waals surface area contributed by atoms with Crippen LogP contribution in [-0.2, 0) is 11.8 Å². The molecule has 0 aliphatic heterocycles. The molecule has 3 aromatic carbocycles. The number of thioether (sulfide) groups is 1. The van der Waals surface area contributed by atoms with Crippen LogP contribution in [0.15, 0.2) is 84.0 Å². The van der Waals surface area contributed by atoms with Crippen molar-refractivity contribution >= 4 is 23.4 Å². The monoisotopic (exact) mass is 432 g/mol. The lowest BCUT2D eigenvalue weighted by molar-refractivity contribution is -0.115. The Morgan fingerprint density at radius 2 is 1.61 bits per heavy atom. The number of carbonyl (C=O) groups is 1. The van der Waals surface area contributed by atoms with Crippen molar-refractivity contribution in [3.05, 3.63) is 84.7 Å². The van der Waals surface area contributed by atoms with Gasteiger partial charge in [0.1, 0.15) is 5.82 Å². The highest BCUT2D eigenvalue weighted by atomic mass is 32.2. The minimum atomic E-state index is -0.396. The Morgan fingerprint density at radius 3 is 2.35 bits per heavy atom. The predicted molar refractivity (Wildman–Crippen MR) is 122 cm³/mol. The van der Waals surface area contributed by atoms with Gasteiger partial charge in [-0.15, -0.1) is 10.2 Å². The first-order valence-corrected chi connectivity index (χ1v) is 10.7. The van der Waals surface area contributed by atoms with Gasteiger partial charge in [0.15, 0.2) is 11.0 Å². The Balaban J connectivity index is 1.49. The second kappa shape index (κ2) is 9.14. The van der Waals surface area contributed by atoms with Crippen LogP contribution in [0.3, 0.4) is 0 Å². The first-order chi connectivity index (χ1) is 15.0. The molecule has 4 aromatic rings. The number of amides is 1. The topological polar surface area (TPSA) is 59.8 Å². The molecule has 0 fully saturated rings. The van der Waals surface area contributed by atoms with E-state index < -0.39 is 5.25 Å². The highest BCUT2D eigenvalue weighted by Gasteiger charge is 2.20. The minimum absolute atomic E-state index is 0.125. The number of nitrogens with one attached hydrogen (secondary N) is 1. The average molecular weight is 433 g/mol. The molecule has 156 valence electrons. The zero-order valence-corrected chi connectivity index (χ0v) is 17.9. The van der Waals surface area contributed by atoms with Gasteiger partial charge in [-0.25, -0.2) is 4.39 Å². The lowest BCUT2D eigenvalue weighted by Crippen LogP contribution is -2.23. The molecule has 0 bridgehead atoms. The van der Waals surface area contributed by atoms with Gasteiger partial charge in [0, 0.05) is 23.9 Å². The van der Waals surface area contributed by atoms with Crippen molar-refractivity contribution in [3.63, 3.8) is 0 Å². The first-order valence-electron chi connectivity index (χ1n) is 9.80. The molecule has 0 unspecified atom stereocenters. The van der Waals surface area contributed by atoms with E-state index in [4.69, 9.17) is 0 Å². The lowest BCUT2D eigenvalue weighted by Gasteiger charge is -2.15. The third kappa shape index (κ3) is 4.67. The zero-order valence-electron chi connectivity index (χ0n) is 17.1. The minimum Gasteiger partial charge on any atom is -0.325 e. The van der Waals surface area contributed by atoms with Crippen LogP contribution in [0.25, 0.3) is 22.5 Å². The van der Waals surface area contributed by atoms with Crippen molar-refractivity contribution in [1.82, 2.24) is 14.8 Å². The van der Waals surface area contributed by atoms with Gasteiger partial charge in [0.2, 0.25) is 5.91 Å². The first kappa shape index (κ1) is 20.8. The van der Waals surface area contributed by atoms with E-state index in [1.54, 1.807) is 16.7 Å². The summed E-state index contributed by atoms with van der Waals surface area (Å²) in [5.74, 6) is 0.186. The molecule has 4 rings (SSSR count). The summed E-state index contributed by atoms with van der Waals surface area (Å²) in [7, 11) is 1.83. The number of para-hydroxylation sites is 1. The molecule has 0 saturated heterocycles. The third-order valence-electron chi connectivity index (χ3n) is 4.86. The van der Waals surface area contributed by atoms with Gasteiger partial charge in [-0.05, 0) is 42.8 Å². The Morgan fingerprint density at radius 1 is 0.935 bits per heavy atom. The summed E-state index contributed by atoms with van der Waals surface area (Å²) in [4.78, 5) is 12.9. The molecule has 5 nitrogen and oxygen atoms in total. The lowest BCUT2D eigenvalue weighted by atomic mass is 10.0. The van der Waals surface area contributed by atoms with Crippen molar-refractivity contribution in [2.24, 2.45) is 7.05 Å². The van der Waals surface area contributed by atoms with Crippen molar-refractivity contribution in [2.45, 2.75) is 17.3 Å². The van der Waals surface area contributed by atoms with Crippen molar-refractivity contribution in [2.75, 3.05) is 5.32 Å². The standard InChI is InChI=1S/C24H21FN4OS/c1-16(31-24-28-27-22(29(24)2)18-12-14-19(25)15-13-18)23(30)26-21-11-7-6-10-20(21)17-8-4-3-5-9-17/h3-16H,1-2H3,(H,26,30)/t16-/m0/s1. The fourth-order valence-electron chi connectivity index (χ4n) is 3.18. The number of halogens is 1. The number of aromatic nitrogens is 3. The van der Waals surface area contributed by atoms with Gasteiger partial charge in [-0.1, -0.05) is 60.3 Å². The second-order valence-corrected chi connectivity index (χ2v) is 8.34. The Kier molecular flexibility index (Phi) is 6.13. The van der Waals surface area contributed by atoms with E-state index >= 15 is 0 Å². The van der Waals surface area contributed by atoms with Crippen LogP contribution < -0.4 is 5.32 Å². The summed E-state index contributed by atoms with van der Waals surface area (Å²) < 4.78 is 15.0. The Labute approximate surface area is 184 Å². The van der Waals surface area contributed by atoms with E-state index in [0.717, 1.165) is 22.4 Å². The molecule has 1 heterocycles. The maximum Gasteiger partial charge on any atom is 0.237 e. The highest BCUT2D eigenvalue weighted by molar-refractivity contribution is 8.00. The number of anilines is 1. The fourth-order valence-corrected chi connectivity index (χ4v) is 3.99. The van der Waals surface area contributed by atoms with Crippen molar-refractivity contribution in [3.8, 4) is 22.5 Å².